The van der Waals surface area contributed by atoms with Gasteiger partial charge < -0.3 is 10.6 Å². The maximum atomic E-state index is 12.3. The van der Waals surface area contributed by atoms with Gasteiger partial charge in [0.2, 0.25) is 0 Å². The highest BCUT2D eigenvalue weighted by Crippen LogP contribution is 2.23. The van der Waals surface area contributed by atoms with Gasteiger partial charge in [0.1, 0.15) is 0 Å². The van der Waals surface area contributed by atoms with Gasteiger partial charge in [-0.15, -0.1) is 0 Å². The molecule has 3 nitrogen and oxygen atoms in total. The van der Waals surface area contributed by atoms with Crippen molar-refractivity contribution in [3.63, 3.8) is 0 Å². The van der Waals surface area contributed by atoms with Crippen LogP contribution >= 0.6 is 0 Å². The number of hydrogen-bond donors (Lipinski definition) is 2. The highest BCUT2D eigenvalue weighted by Gasteiger charge is 2.15. The summed E-state index contributed by atoms with van der Waals surface area (Å²) in [5.74, 6) is -0.0175. The Morgan fingerprint density at radius 2 is 2.00 bits per heavy atom. The Balaban J connectivity index is 1.73. The van der Waals surface area contributed by atoms with Crippen LogP contribution in [-0.2, 0) is 6.42 Å². The van der Waals surface area contributed by atoms with Crippen molar-refractivity contribution < 1.29 is 4.79 Å². The first-order chi connectivity index (χ1) is 9.74. The van der Waals surface area contributed by atoms with Crippen LogP contribution in [0.25, 0.3) is 0 Å². The number of amides is 1. The van der Waals surface area contributed by atoms with Crippen LogP contribution < -0.4 is 10.6 Å². The molecule has 1 amide bonds. The van der Waals surface area contributed by atoms with Crippen LogP contribution in [-0.4, -0.2) is 12.5 Å². The molecular formula is C17H18N2O. The number of rotatable bonds is 3. The van der Waals surface area contributed by atoms with E-state index in [0.717, 1.165) is 29.8 Å². The monoisotopic (exact) mass is 266 g/mol. The van der Waals surface area contributed by atoms with Crippen molar-refractivity contribution in [3.05, 3.63) is 65.2 Å². The van der Waals surface area contributed by atoms with Crippen LogP contribution in [0.2, 0.25) is 0 Å². The quantitative estimate of drug-likeness (QED) is 0.896. The number of carbonyl (C=O) groups excluding carboxylic acids is 1. The molecule has 2 aromatic rings. The smallest absolute Gasteiger partial charge is 0.251 e. The predicted octanol–water partition coefficient (Wildman–Crippen LogP) is 3.15. The topological polar surface area (TPSA) is 41.1 Å². The normalized spacial score (nSPS) is 14.2. The Hall–Kier alpha value is -2.29. The third-order valence-electron chi connectivity index (χ3n) is 3.72. The SMILES string of the molecule is CC(NC(=O)c1ccc2c(c1)CCN2)c1ccccc1. The number of anilines is 1. The number of fused-ring (bicyclic) bond motifs is 1. The van der Waals surface area contributed by atoms with Gasteiger partial charge in [-0.05, 0) is 42.7 Å². The van der Waals surface area contributed by atoms with Crippen LogP contribution in [0, 0.1) is 0 Å². The average molecular weight is 266 g/mol. The summed E-state index contributed by atoms with van der Waals surface area (Å²) in [6, 6.07) is 15.9. The van der Waals surface area contributed by atoms with Gasteiger partial charge in [-0.2, -0.15) is 0 Å². The summed E-state index contributed by atoms with van der Waals surface area (Å²) in [7, 11) is 0. The summed E-state index contributed by atoms with van der Waals surface area (Å²) < 4.78 is 0. The Kier molecular flexibility index (Phi) is 3.42. The molecule has 1 heterocycles. The van der Waals surface area contributed by atoms with E-state index in [0.29, 0.717) is 0 Å². The molecule has 0 saturated heterocycles. The van der Waals surface area contributed by atoms with Crippen molar-refractivity contribution in [1.82, 2.24) is 5.32 Å². The zero-order valence-corrected chi connectivity index (χ0v) is 11.5. The van der Waals surface area contributed by atoms with Crippen molar-refractivity contribution >= 4 is 11.6 Å². The van der Waals surface area contributed by atoms with Gasteiger partial charge in [-0.3, -0.25) is 4.79 Å². The molecule has 0 bridgehead atoms. The second-order valence-electron chi connectivity index (χ2n) is 5.15. The second kappa shape index (κ2) is 5.37. The first-order valence-electron chi connectivity index (χ1n) is 6.96. The highest BCUT2D eigenvalue weighted by atomic mass is 16.1. The largest absolute Gasteiger partial charge is 0.384 e. The molecular weight excluding hydrogens is 248 g/mol. The fourth-order valence-electron chi connectivity index (χ4n) is 2.55. The minimum atomic E-state index is -0.0175. The Labute approximate surface area is 119 Å². The molecule has 0 saturated carbocycles. The minimum absolute atomic E-state index is 0.00933. The van der Waals surface area contributed by atoms with Crippen LogP contribution in [0.1, 0.15) is 34.5 Å². The lowest BCUT2D eigenvalue weighted by molar-refractivity contribution is 0.0940. The van der Waals surface area contributed by atoms with Gasteiger partial charge in [0.15, 0.2) is 0 Å². The molecule has 0 spiro atoms. The molecule has 20 heavy (non-hydrogen) atoms. The molecule has 3 heteroatoms. The Morgan fingerprint density at radius 1 is 1.20 bits per heavy atom. The first-order valence-corrected chi connectivity index (χ1v) is 6.96. The summed E-state index contributed by atoms with van der Waals surface area (Å²) >= 11 is 0. The Morgan fingerprint density at radius 3 is 2.80 bits per heavy atom. The van der Waals surface area contributed by atoms with E-state index < -0.39 is 0 Å². The van der Waals surface area contributed by atoms with Crippen LogP contribution in [0.5, 0.6) is 0 Å². The lowest BCUT2D eigenvalue weighted by Crippen LogP contribution is -2.26. The summed E-state index contributed by atoms with van der Waals surface area (Å²) in [5, 5.41) is 6.35. The summed E-state index contributed by atoms with van der Waals surface area (Å²) in [5.41, 5.74) is 4.22. The summed E-state index contributed by atoms with van der Waals surface area (Å²) in [6.45, 7) is 2.96. The predicted molar refractivity (Wildman–Crippen MR) is 81.0 cm³/mol. The van der Waals surface area contributed by atoms with Crippen LogP contribution in [0.15, 0.2) is 48.5 Å². The van der Waals surface area contributed by atoms with Gasteiger partial charge in [-0.25, -0.2) is 0 Å². The van der Waals surface area contributed by atoms with Gasteiger partial charge in [-0.1, -0.05) is 30.3 Å². The van der Waals surface area contributed by atoms with E-state index >= 15 is 0 Å². The number of carbonyl (C=O) groups is 1. The van der Waals surface area contributed by atoms with E-state index in [1.54, 1.807) is 0 Å². The van der Waals surface area contributed by atoms with Gasteiger partial charge >= 0.3 is 0 Å². The molecule has 2 aromatic carbocycles. The van der Waals surface area contributed by atoms with Crippen molar-refractivity contribution in [2.45, 2.75) is 19.4 Å². The zero-order chi connectivity index (χ0) is 13.9. The van der Waals surface area contributed by atoms with Crippen molar-refractivity contribution in [2.24, 2.45) is 0 Å². The van der Waals surface area contributed by atoms with E-state index in [-0.39, 0.29) is 11.9 Å². The maximum absolute atomic E-state index is 12.3. The molecule has 0 fully saturated rings. The second-order valence-corrected chi connectivity index (χ2v) is 5.15. The first kappa shape index (κ1) is 12.7. The van der Waals surface area contributed by atoms with E-state index in [4.69, 9.17) is 0 Å². The standard InChI is InChI=1S/C17H18N2O/c1-12(13-5-3-2-4-6-13)19-17(20)15-7-8-16-14(11-15)9-10-18-16/h2-8,11-12,18H,9-10H2,1H3,(H,19,20). The third-order valence-corrected chi connectivity index (χ3v) is 3.72. The van der Waals surface area contributed by atoms with Crippen LogP contribution in [0.3, 0.4) is 0 Å². The maximum Gasteiger partial charge on any atom is 0.251 e. The van der Waals surface area contributed by atoms with Crippen molar-refractivity contribution in [2.75, 3.05) is 11.9 Å². The van der Waals surface area contributed by atoms with E-state index in [1.165, 1.54) is 5.56 Å². The average Bonchev–Trinajstić information content (AvgIpc) is 2.95. The lowest BCUT2D eigenvalue weighted by Gasteiger charge is -2.14. The molecule has 1 atom stereocenters. The molecule has 102 valence electrons. The molecule has 0 aromatic heterocycles. The van der Waals surface area contributed by atoms with Gasteiger partial charge in [0.05, 0.1) is 6.04 Å². The van der Waals surface area contributed by atoms with Gasteiger partial charge in [0, 0.05) is 17.8 Å². The van der Waals surface area contributed by atoms with Crippen molar-refractivity contribution in [3.8, 4) is 0 Å². The molecule has 1 aliphatic heterocycles. The number of benzene rings is 2. The lowest BCUT2D eigenvalue weighted by atomic mass is 10.1. The third kappa shape index (κ3) is 2.52. The number of nitrogens with one attached hydrogen (secondary N) is 2. The molecule has 0 aliphatic carbocycles. The molecule has 0 radical (unpaired) electrons. The summed E-state index contributed by atoms with van der Waals surface area (Å²) in [6.07, 6.45) is 0.991. The molecule has 1 unspecified atom stereocenters. The zero-order valence-electron chi connectivity index (χ0n) is 11.5. The van der Waals surface area contributed by atoms with E-state index in [2.05, 4.69) is 10.6 Å². The fraction of sp³-hybridized carbons (Fsp3) is 0.235. The van der Waals surface area contributed by atoms with E-state index in [9.17, 15) is 4.79 Å². The van der Waals surface area contributed by atoms with Gasteiger partial charge in [0.25, 0.3) is 5.91 Å². The van der Waals surface area contributed by atoms with Crippen LogP contribution in [0.4, 0.5) is 5.69 Å². The number of hydrogen-bond acceptors (Lipinski definition) is 2. The molecule has 1 aliphatic rings. The fourth-order valence-corrected chi connectivity index (χ4v) is 2.55. The Bertz CT molecular complexity index is 622. The molecule has 3 rings (SSSR count). The minimum Gasteiger partial charge on any atom is -0.384 e. The summed E-state index contributed by atoms with van der Waals surface area (Å²) in [4.78, 5) is 12.3. The van der Waals surface area contributed by atoms with E-state index in [1.807, 2.05) is 55.5 Å². The van der Waals surface area contributed by atoms with Crippen molar-refractivity contribution in [1.29, 1.82) is 0 Å². The molecule has 2 N–H and O–H groups in total. The highest BCUT2D eigenvalue weighted by molar-refractivity contribution is 5.95.